The highest BCUT2D eigenvalue weighted by Gasteiger charge is 2.40. The van der Waals surface area contributed by atoms with E-state index in [1.807, 2.05) is 31.2 Å². The fourth-order valence-corrected chi connectivity index (χ4v) is 3.18. The van der Waals surface area contributed by atoms with Gasteiger partial charge in [-0.3, -0.25) is 4.79 Å². The van der Waals surface area contributed by atoms with E-state index in [2.05, 4.69) is 10.6 Å². The Morgan fingerprint density at radius 2 is 1.83 bits per heavy atom. The average Bonchev–Trinajstić information content (AvgIpc) is 2.57. The number of rotatable bonds is 6. The van der Waals surface area contributed by atoms with Gasteiger partial charge in [0.25, 0.3) is 5.91 Å². The van der Waals surface area contributed by atoms with Gasteiger partial charge in [0, 0.05) is 19.2 Å². The van der Waals surface area contributed by atoms with Crippen LogP contribution in [0.5, 0.6) is 0 Å². The fourth-order valence-electron chi connectivity index (χ4n) is 3.05. The number of methoxy groups -OCH3 is 2. The molecule has 1 aromatic rings. The van der Waals surface area contributed by atoms with Gasteiger partial charge in [-0.1, -0.05) is 23.7 Å². The summed E-state index contributed by atoms with van der Waals surface area (Å²) in [6.07, 6.45) is 1.09. The first-order valence-electron chi connectivity index (χ1n) is 7.87. The van der Waals surface area contributed by atoms with Crippen molar-refractivity contribution in [3.05, 3.63) is 34.9 Å². The van der Waals surface area contributed by atoms with Crippen LogP contribution in [0.3, 0.4) is 0 Å². The Hall–Kier alpha value is -0.850. The number of hydrogen-bond donors (Lipinski definition) is 2. The van der Waals surface area contributed by atoms with Crippen molar-refractivity contribution in [1.29, 1.82) is 0 Å². The highest BCUT2D eigenvalue weighted by molar-refractivity contribution is 6.30. The quantitative estimate of drug-likeness (QED) is 0.801. The molecule has 2 atom stereocenters. The molecule has 0 bridgehead atoms. The number of amides is 1. The summed E-state index contributed by atoms with van der Waals surface area (Å²) in [7, 11) is 3.24. The van der Waals surface area contributed by atoms with Crippen LogP contribution in [0, 0.1) is 0 Å². The van der Waals surface area contributed by atoms with Crippen LogP contribution in [-0.2, 0) is 14.3 Å². The maximum Gasteiger partial charge on any atom is 0.252 e. The molecule has 1 aliphatic rings. The van der Waals surface area contributed by atoms with Gasteiger partial charge in [0.15, 0.2) is 0 Å². The lowest BCUT2D eigenvalue weighted by Gasteiger charge is -2.36. The first-order chi connectivity index (χ1) is 11.0. The number of ether oxygens (including phenoxy) is 2. The van der Waals surface area contributed by atoms with E-state index in [0.717, 1.165) is 18.7 Å². The minimum absolute atomic E-state index is 0. The molecule has 0 radical (unpaired) electrons. The Balaban J connectivity index is 0.00000288. The second-order valence-electron chi connectivity index (χ2n) is 5.92. The normalized spacial score (nSPS) is 19.0. The van der Waals surface area contributed by atoms with Crippen molar-refractivity contribution in [2.45, 2.75) is 37.5 Å². The maximum absolute atomic E-state index is 12.7. The van der Waals surface area contributed by atoms with Crippen molar-refractivity contribution in [1.82, 2.24) is 10.6 Å². The molecule has 1 saturated heterocycles. The fraction of sp³-hybridized carbons (Fsp3) is 0.588. The van der Waals surface area contributed by atoms with Crippen molar-refractivity contribution < 1.29 is 14.3 Å². The molecule has 1 fully saturated rings. The summed E-state index contributed by atoms with van der Waals surface area (Å²) in [5, 5.41) is 6.98. The Labute approximate surface area is 154 Å². The van der Waals surface area contributed by atoms with Crippen molar-refractivity contribution in [2.24, 2.45) is 0 Å². The largest absolute Gasteiger partial charge is 0.375 e. The van der Waals surface area contributed by atoms with Gasteiger partial charge in [0.05, 0.1) is 6.04 Å². The molecule has 5 nitrogen and oxygen atoms in total. The van der Waals surface area contributed by atoms with E-state index in [1.165, 1.54) is 0 Å². The molecule has 1 aliphatic heterocycles. The zero-order valence-electron chi connectivity index (χ0n) is 14.3. The molecule has 0 aromatic heterocycles. The monoisotopic (exact) mass is 376 g/mol. The smallest absolute Gasteiger partial charge is 0.252 e. The summed E-state index contributed by atoms with van der Waals surface area (Å²) in [6.45, 7) is 3.49. The van der Waals surface area contributed by atoms with Crippen LogP contribution in [0.4, 0.5) is 0 Å². The van der Waals surface area contributed by atoms with Crippen LogP contribution in [-0.4, -0.2) is 44.9 Å². The first-order valence-corrected chi connectivity index (χ1v) is 8.25. The van der Waals surface area contributed by atoms with Crippen LogP contribution in [0.25, 0.3) is 0 Å². The molecule has 0 saturated carbocycles. The van der Waals surface area contributed by atoms with Gasteiger partial charge in [-0.2, -0.15) is 0 Å². The average molecular weight is 377 g/mol. The number of piperidine rings is 1. The zero-order chi connectivity index (χ0) is 16.9. The van der Waals surface area contributed by atoms with Gasteiger partial charge in [-0.15, -0.1) is 12.4 Å². The van der Waals surface area contributed by atoms with E-state index >= 15 is 0 Å². The second kappa shape index (κ2) is 9.59. The SMILES string of the molecule is COC(c1ccc(Cl)cc1)C(C)NC(=O)C1(OC)CCNCC1.Cl. The molecule has 2 N–H and O–H groups in total. The topological polar surface area (TPSA) is 59.6 Å². The Kier molecular flexibility index (Phi) is 8.46. The number of hydrogen-bond acceptors (Lipinski definition) is 4. The van der Waals surface area contributed by atoms with Crippen molar-refractivity contribution >= 4 is 29.9 Å². The number of benzene rings is 1. The van der Waals surface area contributed by atoms with E-state index in [0.29, 0.717) is 17.9 Å². The van der Waals surface area contributed by atoms with Crippen LogP contribution in [0.15, 0.2) is 24.3 Å². The van der Waals surface area contributed by atoms with Crippen molar-refractivity contribution in [3.63, 3.8) is 0 Å². The number of nitrogens with one attached hydrogen (secondary N) is 2. The van der Waals surface area contributed by atoms with Gasteiger partial charge in [0.1, 0.15) is 11.7 Å². The van der Waals surface area contributed by atoms with Gasteiger partial charge >= 0.3 is 0 Å². The van der Waals surface area contributed by atoms with Gasteiger partial charge < -0.3 is 20.1 Å². The van der Waals surface area contributed by atoms with E-state index in [1.54, 1.807) is 14.2 Å². The predicted octanol–water partition coefficient (Wildman–Crippen LogP) is 2.72. The van der Waals surface area contributed by atoms with E-state index < -0.39 is 5.60 Å². The number of halogens is 2. The first kappa shape index (κ1) is 21.2. The van der Waals surface area contributed by atoms with Gasteiger partial charge in [-0.25, -0.2) is 0 Å². The standard InChI is InChI=1S/C17H25ClN2O3.ClH/c1-12(15(22-2)13-4-6-14(18)7-5-13)20-16(21)17(23-3)8-10-19-11-9-17;/h4-7,12,15,19H,8-11H2,1-3H3,(H,20,21);1H. The minimum atomic E-state index is -0.752. The second-order valence-corrected chi connectivity index (χ2v) is 6.35. The van der Waals surface area contributed by atoms with Crippen LogP contribution in [0.2, 0.25) is 5.02 Å². The lowest BCUT2D eigenvalue weighted by molar-refractivity contribution is -0.148. The highest BCUT2D eigenvalue weighted by Crippen LogP contribution is 2.26. The summed E-state index contributed by atoms with van der Waals surface area (Å²) in [5.41, 5.74) is 0.221. The molecule has 2 unspecified atom stereocenters. The molecule has 0 aliphatic carbocycles. The summed E-state index contributed by atoms with van der Waals surface area (Å²) in [5.74, 6) is -0.0787. The summed E-state index contributed by atoms with van der Waals surface area (Å²) < 4.78 is 11.1. The van der Waals surface area contributed by atoms with E-state index in [4.69, 9.17) is 21.1 Å². The van der Waals surface area contributed by atoms with Crippen LogP contribution >= 0.6 is 24.0 Å². The third-order valence-corrected chi connectivity index (χ3v) is 4.73. The third-order valence-electron chi connectivity index (χ3n) is 4.48. The molecule has 1 aromatic carbocycles. The molecule has 24 heavy (non-hydrogen) atoms. The lowest BCUT2D eigenvalue weighted by Crippen LogP contribution is -2.56. The highest BCUT2D eigenvalue weighted by atomic mass is 35.5. The molecular formula is C17H26Cl2N2O3. The molecule has 2 rings (SSSR count). The molecule has 0 spiro atoms. The molecular weight excluding hydrogens is 351 g/mol. The van der Waals surface area contributed by atoms with Crippen molar-refractivity contribution in [3.8, 4) is 0 Å². The number of carbonyl (C=O) groups excluding carboxylic acids is 1. The van der Waals surface area contributed by atoms with E-state index in [-0.39, 0.29) is 30.5 Å². The zero-order valence-corrected chi connectivity index (χ0v) is 15.9. The molecule has 1 heterocycles. The van der Waals surface area contributed by atoms with Crippen molar-refractivity contribution in [2.75, 3.05) is 27.3 Å². The summed E-state index contributed by atoms with van der Waals surface area (Å²) >= 11 is 5.93. The molecule has 1 amide bonds. The lowest BCUT2D eigenvalue weighted by atomic mass is 9.90. The summed E-state index contributed by atoms with van der Waals surface area (Å²) in [6, 6.07) is 7.28. The Bertz CT molecular complexity index is 519. The minimum Gasteiger partial charge on any atom is -0.375 e. The summed E-state index contributed by atoms with van der Waals surface area (Å²) in [4.78, 5) is 12.7. The van der Waals surface area contributed by atoms with Gasteiger partial charge in [-0.05, 0) is 50.6 Å². The van der Waals surface area contributed by atoms with Crippen LogP contribution < -0.4 is 10.6 Å². The Morgan fingerprint density at radius 1 is 1.25 bits per heavy atom. The molecule has 7 heteroatoms. The van der Waals surface area contributed by atoms with E-state index in [9.17, 15) is 4.79 Å². The van der Waals surface area contributed by atoms with Gasteiger partial charge in [0.2, 0.25) is 0 Å². The molecule has 136 valence electrons. The van der Waals surface area contributed by atoms with Crippen LogP contribution in [0.1, 0.15) is 31.4 Å². The Morgan fingerprint density at radius 3 is 2.33 bits per heavy atom. The number of carbonyl (C=O) groups is 1. The predicted molar refractivity (Wildman–Crippen MR) is 97.9 cm³/mol. The maximum atomic E-state index is 12.7. The third kappa shape index (κ3) is 4.83.